The summed E-state index contributed by atoms with van der Waals surface area (Å²) in [6.07, 6.45) is 0. The molecule has 2 heteroatoms. The zero-order chi connectivity index (χ0) is 31.3. The van der Waals surface area contributed by atoms with E-state index in [2.05, 4.69) is 168 Å². The molecule has 0 amide bonds. The van der Waals surface area contributed by atoms with Crippen LogP contribution >= 0.6 is 11.3 Å². The lowest BCUT2D eigenvalue weighted by Crippen LogP contribution is -1.93. The van der Waals surface area contributed by atoms with Gasteiger partial charge in [0.2, 0.25) is 0 Å². The third-order valence-corrected chi connectivity index (χ3v) is 11.5. The van der Waals surface area contributed by atoms with Crippen molar-refractivity contribution in [3.8, 4) is 27.9 Å². The third-order valence-electron chi connectivity index (χ3n) is 10.3. The summed E-state index contributed by atoms with van der Waals surface area (Å²) in [5.74, 6) is 0. The highest BCUT2D eigenvalue weighted by Crippen LogP contribution is 2.50. The molecule has 0 bridgehead atoms. The van der Waals surface area contributed by atoms with Gasteiger partial charge in [-0.1, -0.05) is 133 Å². The Bertz CT molecular complexity index is 3040. The van der Waals surface area contributed by atoms with E-state index in [0.29, 0.717) is 0 Å². The second-order valence-electron chi connectivity index (χ2n) is 12.8. The predicted octanol–water partition coefficient (Wildman–Crippen LogP) is 13.4. The lowest BCUT2D eigenvalue weighted by atomic mass is 9.85. The van der Waals surface area contributed by atoms with Gasteiger partial charge in [-0.15, -0.1) is 11.3 Å². The number of thiophene rings is 1. The van der Waals surface area contributed by atoms with Gasteiger partial charge in [-0.2, -0.15) is 0 Å². The van der Waals surface area contributed by atoms with Crippen LogP contribution in [0.4, 0.5) is 0 Å². The highest BCUT2D eigenvalue weighted by atomic mass is 32.1. The number of aromatic nitrogens is 1. The molecule has 0 saturated heterocycles. The molecule has 0 aliphatic carbocycles. The fourth-order valence-corrected chi connectivity index (χ4v) is 9.49. The van der Waals surface area contributed by atoms with Crippen LogP contribution in [-0.4, -0.2) is 4.57 Å². The van der Waals surface area contributed by atoms with Crippen LogP contribution in [0.1, 0.15) is 0 Å². The molecule has 0 saturated carbocycles. The van der Waals surface area contributed by atoms with Gasteiger partial charge >= 0.3 is 0 Å². The van der Waals surface area contributed by atoms with Gasteiger partial charge < -0.3 is 4.57 Å². The summed E-state index contributed by atoms with van der Waals surface area (Å²) >= 11 is 1.90. The summed E-state index contributed by atoms with van der Waals surface area (Å²) < 4.78 is 5.10. The minimum Gasteiger partial charge on any atom is -0.309 e. The molecule has 48 heavy (non-hydrogen) atoms. The standard InChI is InChI=1S/C46H27NS/c1-3-11-28(12-4-1)32-23-19-29-21-25-34-35(26-22-30-20-24-33(32)42(29)43(30)34)46-44-36-15-7-9-17-38(36)47(31-13-5-2-6-14-31)39(44)27-41-45(46)37-16-8-10-18-40(37)48-41/h1-27H. The van der Waals surface area contributed by atoms with E-state index in [9.17, 15) is 0 Å². The van der Waals surface area contributed by atoms with Crippen LogP contribution in [0, 0.1) is 0 Å². The maximum atomic E-state index is 2.46. The van der Waals surface area contributed by atoms with Crippen molar-refractivity contribution < 1.29 is 0 Å². The van der Waals surface area contributed by atoms with Gasteiger partial charge in [0.25, 0.3) is 0 Å². The Kier molecular flexibility index (Phi) is 5.32. The smallest absolute Gasteiger partial charge is 0.0561 e. The van der Waals surface area contributed by atoms with Gasteiger partial charge in [0, 0.05) is 42.2 Å². The third kappa shape index (κ3) is 3.50. The van der Waals surface area contributed by atoms with E-state index < -0.39 is 0 Å². The van der Waals surface area contributed by atoms with E-state index in [4.69, 9.17) is 0 Å². The van der Waals surface area contributed by atoms with Crippen molar-refractivity contribution >= 4 is 85.6 Å². The van der Waals surface area contributed by atoms with Gasteiger partial charge in [0.1, 0.15) is 0 Å². The Morgan fingerprint density at radius 1 is 0.375 bits per heavy atom. The van der Waals surface area contributed by atoms with Gasteiger partial charge in [0.15, 0.2) is 0 Å². The van der Waals surface area contributed by atoms with Crippen LogP contribution in [-0.2, 0) is 0 Å². The van der Waals surface area contributed by atoms with Crippen molar-refractivity contribution in [2.24, 2.45) is 0 Å². The lowest BCUT2D eigenvalue weighted by Gasteiger charge is -2.18. The monoisotopic (exact) mass is 625 g/mol. The minimum absolute atomic E-state index is 1.18. The number of hydrogen-bond acceptors (Lipinski definition) is 1. The molecule has 9 aromatic carbocycles. The molecule has 0 unspecified atom stereocenters. The molecule has 0 aliphatic rings. The van der Waals surface area contributed by atoms with Crippen molar-refractivity contribution in [3.63, 3.8) is 0 Å². The molecule has 222 valence electrons. The number of hydrogen-bond donors (Lipinski definition) is 0. The van der Waals surface area contributed by atoms with Crippen LogP contribution < -0.4 is 0 Å². The molecule has 0 radical (unpaired) electrons. The Labute approximate surface area is 280 Å². The fraction of sp³-hybridized carbons (Fsp3) is 0. The first-order valence-electron chi connectivity index (χ1n) is 16.5. The normalized spacial score (nSPS) is 12.2. The largest absolute Gasteiger partial charge is 0.309 e. The molecule has 0 atom stereocenters. The molecule has 11 rings (SSSR count). The quantitative estimate of drug-likeness (QED) is 0.172. The molecule has 0 fully saturated rings. The molecule has 2 aromatic heterocycles. The Hall–Kier alpha value is -5.96. The van der Waals surface area contributed by atoms with Gasteiger partial charge in [-0.05, 0) is 79.3 Å². The molecule has 0 spiro atoms. The van der Waals surface area contributed by atoms with E-state index in [1.165, 1.54) is 102 Å². The fourth-order valence-electron chi connectivity index (χ4n) is 8.35. The summed E-state index contributed by atoms with van der Waals surface area (Å²) in [6, 6.07) is 60.6. The highest BCUT2D eigenvalue weighted by Gasteiger charge is 2.24. The molecular formula is C46H27NS. The first-order chi connectivity index (χ1) is 23.8. The van der Waals surface area contributed by atoms with Crippen LogP contribution in [0.3, 0.4) is 0 Å². The lowest BCUT2D eigenvalue weighted by molar-refractivity contribution is 1.18. The summed E-state index contributed by atoms with van der Waals surface area (Å²) in [5, 5.41) is 13.1. The number of fused-ring (bicyclic) bond motifs is 6. The Balaban J connectivity index is 1.35. The molecule has 2 heterocycles. The van der Waals surface area contributed by atoms with Crippen molar-refractivity contribution in [1.29, 1.82) is 0 Å². The van der Waals surface area contributed by atoms with Crippen molar-refractivity contribution in [2.45, 2.75) is 0 Å². The number of nitrogens with zero attached hydrogens (tertiary/aromatic N) is 1. The summed E-state index contributed by atoms with van der Waals surface area (Å²) in [4.78, 5) is 0. The average Bonchev–Trinajstić information content (AvgIpc) is 3.69. The van der Waals surface area contributed by atoms with Crippen LogP contribution in [0.15, 0.2) is 164 Å². The second-order valence-corrected chi connectivity index (χ2v) is 13.9. The second kappa shape index (κ2) is 9.78. The van der Waals surface area contributed by atoms with Crippen molar-refractivity contribution in [1.82, 2.24) is 4.57 Å². The average molecular weight is 626 g/mol. The summed E-state index contributed by atoms with van der Waals surface area (Å²) in [7, 11) is 0. The predicted molar refractivity (Wildman–Crippen MR) is 208 cm³/mol. The van der Waals surface area contributed by atoms with E-state index in [1.54, 1.807) is 0 Å². The van der Waals surface area contributed by atoms with E-state index in [1.807, 2.05) is 11.3 Å². The van der Waals surface area contributed by atoms with Crippen LogP contribution in [0.25, 0.3) is 102 Å². The summed E-state index contributed by atoms with van der Waals surface area (Å²) in [6.45, 7) is 0. The molecule has 11 aromatic rings. The number of rotatable bonds is 3. The maximum Gasteiger partial charge on any atom is 0.0561 e. The Morgan fingerprint density at radius 3 is 1.75 bits per heavy atom. The zero-order valence-corrected chi connectivity index (χ0v) is 26.8. The molecule has 1 nitrogen and oxygen atoms in total. The van der Waals surface area contributed by atoms with E-state index in [0.717, 1.165) is 0 Å². The van der Waals surface area contributed by atoms with Gasteiger partial charge in [0.05, 0.1) is 11.0 Å². The topological polar surface area (TPSA) is 4.93 Å². The van der Waals surface area contributed by atoms with Crippen LogP contribution in [0.2, 0.25) is 0 Å². The molecular weight excluding hydrogens is 599 g/mol. The minimum atomic E-state index is 1.18. The van der Waals surface area contributed by atoms with E-state index in [-0.39, 0.29) is 0 Å². The van der Waals surface area contributed by atoms with Crippen molar-refractivity contribution in [2.75, 3.05) is 0 Å². The van der Waals surface area contributed by atoms with Crippen LogP contribution in [0.5, 0.6) is 0 Å². The van der Waals surface area contributed by atoms with Gasteiger partial charge in [-0.3, -0.25) is 0 Å². The first kappa shape index (κ1) is 26.1. The zero-order valence-electron chi connectivity index (χ0n) is 25.9. The molecule has 0 aliphatic heterocycles. The SMILES string of the molecule is c1ccc(-c2ccc3ccc4c(-c5c6c(cc7c5c5ccccc5n7-c5ccccc5)sc5ccccc56)ccc5ccc2c3c54)cc1. The molecule has 0 N–H and O–H groups in total. The number of para-hydroxylation sites is 2. The first-order valence-corrected chi connectivity index (χ1v) is 17.3. The number of benzene rings is 9. The maximum absolute atomic E-state index is 2.46. The Morgan fingerprint density at radius 2 is 0.979 bits per heavy atom. The summed E-state index contributed by atoms with van der Waals surface area (Å²) in [5.41, 5.74) is 8.80. The van der Waals surface area contributed by atoms with Gasteiger partial charge in [-0.25, -0.2) is 0 Å². The highest BCUT2D eigenvalue weighted by molar-refractivity contribution is 7.26. The van der Waals surface area contributed by atoms with E-state index >= 15 is 0 Å². The van der Waals surface area contributed by atoms with Crippen molar-refractivity contribution in [3.05, 3.63) is 164 Å².